The maximum atomic E-state index is 12.4. The number of carboxylic acid groups (broad SMARTS) is 1. The van der Waals surface area contributed by atoms with Crippen LogP contribution in [0.5, 0.6) is 0 Å². The minimum Gasteiger partial charge on any atom is -0.481 e. The number of nitrogens with zero attached hydrogens (tertiary/aromatic N) is 1. The standard InChI is InChI=1S/C17H24N2O3S/c1-12(15(20)18-8-6-14-5-3-9-23-14)19-10-13-4-2-7-17(13,11-19)16(21)22/h3,5,9,12-13H,2,4,6-8,10-11H2,1H3,(H,18,20)(H,21,22)/t12?,13-,17+/m0/s1. The first-order valence-electron chi connectivity index (χ1n) is 8.30. The van der Waals surface area contributed by atoms with Crippen molar-refractivity contribution < 1.29 is 14.7 Å². The normalized spacial score (nSPS) is 28.5. The van der Waals surface area contributed by atoms with Crippen LogP contribution in [0, 0.1) is 11.3 Å². The first-order chi connectivity index (χ1) is 11.0. The lowest BCUT2D eigenvalue weighted by atomic mass is 9.81. The van der Waals surface area contributed by atoms with Gasteiger partial charge in [0, 0.05) is 24.5 Å². The molecule has 3 atom stereocenters. The molecule has 1 amide bonds. The predicted octanol–water partition coefficient (Wildman–Crippen LogP) is 1.98. The summed E-state index contributed by atoms with van der Waals surface area (Å²) in [5, 5.41) is 14.7. The van der Waals surface area contributed by atoms with E-state index >= 15 is 0 Å². The molecule has 0 bridgehead atoms. The maximum Gasteiger partial charge on any atom is 0.311 e. The van der Waals surface area contributed by atoms with Gasteiger partial charge in [0.1, 0.15) is 0 Å². The van der Waals surface area contributed by atoms with Gasteiger partial charge in [0.05, 0.1) is 11.5 Å². The molecule has 1 aliphatic heterocycles. The Kier molecular flexibility index (Phi) is 4.73. The van der Waals surface area contributed by atoms with E-state index in [2.05, 4.69) is 16.3 Å². The first kappa shape index (κ1) is 16.5. The van der Waals surface area contributed by atoms with Crippen molar-refractivity contribution in [2.24, 2.45) is 11.3 Å². The molecule has 0 aromatic carbocycles. The fourth-order valence-corrected chi connectivity index (χ4v) is 4.76. The number of hydrogen-bond donors (Lipinski definition) is 2. The number of aliphatic carboxylic acids is 1. The van der Waals surface area contributed by atoms with Crippen LogP contribution in [-0.4, -0.2) is 47.6 Å². The van der Waals surface area contributed by atoms with E-state index in [0.29, 0.717) is 13.1 Å². The van der Waals surface area contributed by atoms with Gasteiger partial charge in [-0.2, -0.15) is 0 Å². The Labute approximate surface area is 140 Å². The third-order valence-electron chi connectivity index (χ3n) is 5.50. The van der Waals surface area contributed by atoms with E-state index in [1.807, 2.05) is 18.4 Å². The molecule has 5 nitrogen and oxygen atoms in total. The largest absolute Gasteiger partial charge is 0.481 e. The van der Waals surface area contributed by atoms with Crippen LogP contribution >= 0.6 is 11.3 Å². The number of amides is 1. The second kappa shape index (κ2) is 6.61. The Morgan fingerprint density at radius 1 is 1.57 bits per heavy atom. The summed E-state index contributed by atoms with van der Waals surface area (Å²) in [5.74, 6) is -0.490. The van der Waals surface area contributed by atoms with Crippen LogP contribution in [0.3, 0.4) is 0 Å². The van der Waals surface area contributed by atoms with Crippen LogP contribution in [0.15, 0.2) is 17.5 Å². The van der Waals surface area contributed by atoms with Crippen molar-refractivity contribution in [2.75, 3.05) is 19.6 Å². The summed E-state index contributed by atoms with van der Waals surface area (Å²) in [6, 6.07) is 3.82. The molecule has 2 N–H and O–H groups in total. The molecule has 3 rings (SSSR count). The van der Waals surface area contributed by atoms with Crippen LogP contribution in [0.25, 0.3) is 0 Å². The molecule has 23 heavy (non-hydrogen) atoms. The predicted molar refractivity (Wildman–Crippen MR) is 89.5 cm³/mol. The molecule has 0 spiro atoms. The SMILES string of the molecule is CC(C(=O)NCCc1cccs1)N1C[C@@H]2CCC[C@@]2(C(=O)O)C1. The van der Waals surface area contributed by atoms with Crippen molar-refractivity contribution >= 4 is 23.2 Å². The zero-order valence-electron chi connectivity index (χ0n) is 13.5. The topological polar surface area (TPSA) is 69.6 Å². The number of carbonyl (C=O) groups excluding carboxylic acids is 1. The van der Waals surface area contributed by atoms with Crippen LogP contribution in [-0.2, 0) is 16.0 Å². The van der Waals surface area contributed by atoms with E-state index in [9.17, 15) is 14.7 Å². The van der Waals surface area contributed by atoms with Crippen LogP contribution < -0.4 is 5.32 Å². The number of fused-ring (bicyclic) bond motifs is 1. The van der Waals surface area contributed by atoms with Crippen molar-refractivity contribution in [2.45, 2.75) is 38.6 Å². The molecule has 1 saturated carbocycles. The Morgan fingerprint density at radius 3 is 3.04 bits per heavy atom. The van der Waals surface area contributed by atoms with E-state index < -0.39 is 11.4 Å². The molecular formula is C17H24N2O3S. The number of nitrogens with one attached hydrogen (secondary N) is 1. The van der Waals surface area contributed by atoms with Gasteiger partial charge < -0.3 is 10.4 Å². The lowest BCUT2D eigenvalue weighted by molar-refractivity contribution is -0.149. The third-order valence-corrected chi connectivity index (χ3v) is 6.44. The van der Waals surface area contributed by atoms with Crippen LogP contribution in [0.1, 0.15) is 31.1 Å². The van der Waals surface area contributed by atoms with Gasteiger partial charge in [-0.05, 0) is 43.6 Å². The second-order valence-corrected chi connectivity index (χ2v) is 7.81. The van der Waals surface area contributed by atoms with Gasteiger partial charge in [-0.15, -0.1) is 11.3 Å². The van der Waals surface area contributed by atoms with Crippen molar-refractivity contribution in [3.05, 3.63) is 22.4 Å². The number of carboxylic acids is 1. The molecule has 1 aliphatic carbocycles. The second-order valence-electron chi connectivity index (χ2n) is 6.78. The fraction of sp³-hybridized carbons (Fsp3) is 0.647. The Balaban J connectivity index is 1.53. The summed E-state index contributed by atoms with van der Waals surface area (Å²) in [6.07, 6.45) is 3.55. The summed E-state index contributed by atoms with van der Waals surface area (Å²) < 4.78 is 0. The minimum atomic E-state index is -0.687. The molecule has 2 fully saturated rings. The number of carbonyl (C=O) groups is 2. The van der Waals surface area contributed by atoms with E-state index in [0.717, 1.165) is 32.2 Å². The van der Waals surface area contributed by atoms with Crippen LogP contribution in [0.4, 0.5) is 0 Å². The number of likely N-dealkylation sites (tertiary alicyclic amines) is 1. The number of hydrogen-bond acceptors (Lipinski definition) is 4. The highest BCUT2D eigenvalue weighted by Crippen LogP contribution is 2.49. The maximum absolute atomic E-state index is 12.4. The Hall–Kier alpha value is -1.40. The summed E-state index contributed by atoms with van der Waals surface area (Å²) in [7, 11) is 0. The van der Waals surface area contributed by atoms with Crippen molar-refractivity contribution in [3.8, 4) is 0 Å². The summed E-state index contributed by atoms with van der Waals surface area (Å²) in [6.45, 7) is 3.75. The zero-order valence-corrected chi connectivity index (χ0v) is 14.3. The van der Waals surface area contributed by atoms with Crippen molar-refractivity contribution in [1.29, 1.82) is 0 Å². The van der Waals surface area contributed by atoms with Gasteiger partial charge in [-0.3, -0.25) is 14.5 Å². The molecule has 126 valence electrons. The summed E-state index contributed by atoms with van der Waals surface area (Å²) in [4.78, 5) is 27.4. The van der Waals surface area contributed by atoms with Crippen LogP contribution in [0.2, 0.25) is 0 Å². The quantitative estimate of drug-likeness (QED) is 0.833. The van der Waals surface area contributed by atoms with Crippen molar-refractivity contribution in [3.63, 3.8) is 0 Å². The average molecular weight is 336 g/mol. The van der Waals surface area contributed by atoms with Gasteiger partial charge in [0.15, 0.2) is 0 Å². The number of rotatable bonds is 6. The third kappa shape index (κ3) is 3.15. The van der Waals surface area contributed by atoms with Gasteiger partial charge in [0.25, 0.3) is 0 Å². The molecule has 1 aromatic heterocycles. The van der Waals surface area contributed by atoms with Gasteiger partial charge >= 0.3 is 5.97 Å². The molecule has 1 aromatic rings. The smallest absolute Gasteiger partial charge is 0.311 e. The van der Waals surface area contributed by atoms with Gasteiger partial charge in [0.2, 0.25) is 5.91 Å². The fourth-order valence-electron chi connectivity index (χ4n) is 4.05. The molecule has 1 saturated heterocycles. The van der Waals surface area contributed by atoms with E-state index in [-0.39, 0.29) is 17.9 Å². The molecule has 2 aliphatic rings. The van der Waals surface area contributed by atoms with E-state index in [1.165, 1.54) is 4.88 Å². The summed E-state index contributed by atoms with van der Waals surface area (Å²) >= 11 is 1.70. The van der Waals surface area contributed by atoms with Crippen molar-refractivity contribution in [1.82, 2.24) is 10.2 Å². The zero-order chi connectivity index (χ0) is 16.4. The molecular weight excluding hydrogens is 312 g/mol. The highest BCUT2D eigenvalue weighted by atomic mass is 32.1. The summed E-state index contributed by atoms with van der Waals surface area (Å²) in [5.41, 5.74) is -0.620. The number of thiophene rings is 1. The Morgan fingerprint density at radius 2 is 2.39 bits per heavy atom. The minimum absolute atomic E-state index is 0.00192. The Bertz CT molecular complexity index is 574. The van der Waals surface area contributed by atoms with E-state index in [1.54, 1.807) is 11.3 Å². The lowest BCUT2D eigenvalue weighted by Crippen LogP contribution is -2.46. The molecule has 6 heteroatoms. The molecule has 0 radical (unpaired) electrons. The van der Waals surface area contributed by atoms with Gasteiger partial charge in [-0.25, -0.2) is 0 Å². The molecule has 1 unspecified atom stereocenters. The molecule has 2 heterocycles. The first-order valence-corrected chi connectivity index (χ1v) is 9.18. The average Bonchev–Trinajstić information content (AvgIpc) is 3.21. The highest BCUT2D eigenvalue weighted by Gasteiger charge is 2.55. The lowest BCUT2D eigenvalue weighted by Gasteiger charge is -2.26. The van der Waals surface area contributed by atoms with E-state index in [4.69, 9.17) is 0 Å². The van der Waals surface area contributed by atoms with Gasteiger partial charge in [-0.1, -0.05) is 12.5 Å². The monoisotopic (exact) mass is 336 g/mol. The highest BCUT2D eigenvalue weighted by molar-refractivity contribution is 7.09.